The molecule has 0 nitrogen and oxygen atoms in total. The second kappa shape index (κ2) is 4.60. The Morgan fingerprint density at radius 2 is 1.42 bits per heavy atom. The molecule has 0 radical (unpaired) electrons. The van der Waals surface area contributed by atoms with Crippen LogP contribution in [0.5, 0.6) is 0 Å². The summed E-state index contributed by atoms with van der Waals surface area (Å²) in [6.07, 6.45) is 7.50. The molecule has 0 fully saturated rings. The van der Waals surface area contributed by atoms with Gasteiger partial charge in [0.25, 0.3) is 0 Å². The minimum atomic E-state index is -1.38. The lowest BCUT2D eigenvalue weighted by Crippen LogP contribution is -2.46. The zero-order chi connectivity index (χ0) is 14.3. The van der Waals surface area contributed by atoms with Gasteiger partial charge in [0, 0.05) is 5.04 Å². The average Bonchev–Trinajstić information content (AvgIpc) is 2.75. The minimum absolute atomic E-state index is 0.184. The van der Waals surface area contributed by atoms with Crippen molar-refractivity contribution in [2.75, 3.05) is 0 Å². The molecule has 1 aromatic carbocycles. The first-order valence-electron chi connectivity index (χ1n) is 7.15. The van der Waals surface area contributed by atoms with Crippen LogP contribution < -0.4 is 0 Å². The van der Waals surface area contributed by atoms with Crippen LogP contribution in [0.1, 0.15) is 5.56 Å². The van der Waals surface area contributed by atoms with Gasteiger partial charge >= 0.3 is 0 Å². The predicted octanol–water partition coefficient (Wildman–Crippen LogP) is 5.18. The van der Waals surface area contributed by atoms with Crippen molar-refractivity contribution in [2.45, 2.75) is 44.3 Å². The Labute approximate surface area is 120 Å². The normalized spacial score (nSPS) is 23.6. The number of allylic oxidation sites excluding steroid dienone is 4. The van der Waals surface area contributed by atoms with Gasteiger partial charge in [0.15, 0.2) is 0 Å². The maximum Gasteiger partial charge on any atom is 0.0772 e. The molecule has 0 saturated carbocycles. The lowest BCUT2D eigenvalue weighted by Gasteiger charge is -2.38. The van der Waals surface area contributed by atoms with Crippen LogP contribution in [0, 0.1) is 0 Å². The van der Waals surface area contributed by atoms with Crippen molar-refractivity contribution < 1.29 is 0 Å². The summed E-state index contributed by atoms with van der Waals surface area (Å²) in [5, 5.41) is 1.79. The summed E-state index contributed by atoms with van der Waals surface area (Å²) >= 11 is 0. The van der Waals surface area contributed by atoms with E-state index < -0.39 is 16.1 Å². The standard InChI is InChI=1S/C17H26Si2/c1-18(2,3)16-12-13-17(14-16,19(4,5)6)15-10-8-7-9-11-15/h7-14H,1-6H3. The van der Waals surface area contributed by atoms with Crippen molar-refractivity contribution in [1.82, 2.24) is 0 Å². The largest absolute Gasteiger partial charge is 0.0772 e. The van der Waals surface area contributed by atoms with E-state index in [1.54, 1.807) is 5.20 Å². The van der Waals surface area contributed by atoms with E-state index >= 15 is 0 Å². The van der Waals surface area contributed by atoms with Crippen molar-refractivity contribution in [3.8, 4) is 0 Å². The zero-order valence-corrected chi connectivity index (χ0v) is 15.1. The smallest absolute Gasteiger partial charge is 0.0738 e. The number of rotatable bonds is 3. The predicted molar refractivity (Wildman–Crippen MR) is 92.0 cm³/mol. The van der Waals surface area contributed by atoms with Gasteiger partial charge in [-0.25, -0.2) is 0 Å². The molecule has 102 valence electrons. The molecule has 0 bridgehead atoms. The quantitative estimate of drug-likeness (QED) is 0.672. The fourth-order valence-electron chi connectivity index (χ4n) is 2.82. The maximum absolute atomic E-state index is 2.60. The van der Waals surface area contributed by atoms with E-state index in [1.165, 1.54) is 5.56 Å². The molecule has 0 N–H and O–H groups in total. The monoisotopic (exact) mass is 286 g/mol. The Morgan fingerprint density at radius 3 is 1.84 bits per heavy atom. The molecule has 1 aromatic rings. The molecule has 0 aliphatic heterocycles. The third-order valence-corrected chi connectivity index (χ3v) is 9.39. The lowest BCUT2D eigenvalue weighted by atomic mass is 10.00. The molecule has 2 rings (SSSR count). The van der Waals surface area contributed by atoms with Crippen molar-refractivity contribution in [2.24, 2.45) is 0 Å². The number of hydrogen-bond donors (Lipinski definition) is 0. The molecular formula is C17H26Si2. The Hall–Kier alpha value is -0.866. The molecule has 19 heavy (non-hydrogen) atoms. The topological polar surface area (TPSA) is 0 Å². The molecule has 1 aliphatic rings. The van der Waals surface area contributed by atoms with E-state index in [0.717, 1.165) is 0 Å². The zero-order valence-electron chi connectivity index (χ0n) is 13.1. The van der Waals surface area contributed by atoms with Gasteiger partial charge in [-0.2, -0.15) is 0 Å². The fraction of sp³-hybridized carbons (Fsp3) is 0.412. The fourth-order valence-corrected chi connectivity index (χ4v) is 6.42. The Balaban J connectivity index is 2.59. The summed E-state index contributed by atoms with van der Waals surface area (Å²) in [4.78, 5) is 0. The van der Waals surface area contributed by atoms with Gasteiger partial charge < -0.3 is 0 Å². The Morgan fingerprint density at radius 1 is 0.842 bits per heavy atom. The van der Waals surface area contributed by atoms with Gasteiger partial charge in [0.1, 0.15) is 0 Å². The summed E-state index contributed by atoms with van der Waals surface area (Å²) in [5.41, 5.74) is 1.47. The molecule has 1 atom stereocenters. The van der Waals surface area contributed by atoms with Crippen molar-refractivity contribution in [1.29, 1.82) is 0 Å². The Kier molecular flexibility index (Phi) is 3.52. The van der Waals surface area contributed by atoms with E-state index in [-0.39, 0.29) is 5.04 Å². The van der Waals surface area contributed by atoms with E-state index in [2.05, 4.69) is 87.8 Å². The van der Waals surface area contributed by atoms with Crippen LogP contribution in [0.4, 0.5) is 0 Å². The molecule has 0 spiro atoms. The second-order valence-electron chi connectivity index (χ2n) is 7.67. The van der Waals surface area contributed by atoms with Gasteiger partial charge in [-0.05, 0) is 5.56 Å². The van der Waals surface area contributed by atoms with Crippen LogP contribution in [-0.4, -0.2) is 16.1 Å². The van der Waals surface area contributed by atoms with Crippen LogP contribution in [0.2, 0.25) is 39.3 Å². The van der Waals surface area contributed by atoms with Gasteiger partial charge in [-0.1, -0.05) is 93.0 Å². The molecule has 2 heteroatoms. The highest BCUT2D eigenvalue weighted by Gasteiger charge is 2.44. The second-order valence-corrected chi connectivity index (χ2v) is 18.1. The summed E-state index contributed by atoms with van der Waals surface area (Å²) in [6, 6.07) is 11.1. The van der Waals surface area contributed by atoms with Crippen molar-refractivity contribution in [3.05, 3.63) is 59.3 Å². The average molecular weight is 287 g/mol. The Bertz CT molecular complexity index is 512. The summed E-state index contributed by atoms with van der Waals surface area (Å²) in [6.45, 7) is 14.8. The third kappa shape index (κ3) is 2.56. The van der Waals surface area contributed by atoms with E-state index in [0.29, 0.717) is 0 Å². The van der Waals surface area contributed by atoms with Crippen molar-refractivity contribution in [3.63, 3.8) is 0 Å². The van der Waals surface area contributed by atoms with Crippen molar-refractivity contribution >= 4 is 16.1 Å². The highest BCUT2D eigenvalue weighted by atomic mass is 28.3. The lowest BCUT2D eigenvalue weighted by molar-refractivity contribution is 0.925. The molecular weight excluding hydrogens is 260 g/mol. The van der Waals surface area contributed by atoms with Gasteiger partial charge in [0.2, 0.25) is 0 Å². The van der Waals surface area contributed by atoms with Crippen LogP contribution in [-0.2, 0) is 5.04 Å². The van der Waals surface area contributed by atoms with E-state index in [1.807, 2.05) is 0 Å². The number of benzene rings is 1. The summed E-state index contributed by atoms with van der Waals surface area (Å²) < 4.78 is 0. The first kappa shape index (κ1) is 14.5. The summed E-state index contributed by atoms with van der Waals surface area (Å²) in [7, 11) is -2.60. The van der Waals surface area contributed by atoms with E-state index in [9.17, 15) is 0 Å². The molecule has 0 saturated heterocycles. The van der Waals surface area contributed by atoms with Crippen LogP contribution in [0.25, 0.3) is 0 Å². The molecule has 0 amide bonds. The highest BCUT2D eigenvalue weighted by molar-refractivity contribution is 6.85. The van der Waals surface area contributed by atoms with Crippen LogP contribution in [0.3, 0.4) is 0 Å². The maximum atomic E-state index is 2.60. The third-order valence-electron chi connectivity index (χ3n) is 4.27. The SMILES string of the molecule is C[Si](C)(C)C1=CC(c2ccccc2)([Si](C)(C)C)C=C1. The molecule has 1 aliphatic carbocycles. The van der Waals surface area contributed by atoms with Crippen LogP contribution in [0.15, 0.2) is 53.8 Å². The first-order valence-corrected chi connectivity index (χ1v) is 14.1. The van der Waals surface area contributed by atoms with Gasteiger partial charge in [0.05, 0.1) is 16.1 Å². The first-order chi connectivity index (χ1) is 8.67. The molecule has 1 unspecified atom stereocenters. The van der Waals surface area contributed by atoms with E-state index in [4.69, 9.17) is 0 Å². The molecule has 0 aromatic heterocycles. The molecule has 0 heterocycles. The highest BCUT2D eigenvalue weighted by Crippen LogP contribution is 2.43. The van der Waals surface area contributed by atoms with Gasteiger partial charge in [-0.3, -0.25) is 0 Å². The van der Waals surface area contributed by atoms with Crippen LogP contribution >= 0.6 is 0 Å². The number of hydrogen-bond acceptors (Lipinski definition) is 0. The minimum Gasteiger partial charge on any atom is -0.0738 e. The summed E-state index contributed by atoms with van der Waals surface area (Å²) in [5.74, 6) is 0. The van der Waals surface area contributed by atoms with Gasteiger partial charge in [-0.15, -0.1) is 0 Å².